The number of aliphatic carboxylic acids is 1. The van der Waals surface area contributed by atoms with Crippen molar-refractivity contribution in [2.45, 2.75) is 64.1 Å². The molecule has 5 rings (SSSR count). The molecule has 0 amide bonds. The maximum Gasteiger partial charge on any atom is 0.304 e. The normalized spacial score (nSPS) is 17.8. The highest BCUT2D eigenvalue weighted by Crippen LogP contribution is 2.39. The summed E-state index contributed by atoms with van der Waals surface area (Å²) in [4.78, 5) is 22.6. The lowest BCUT2D eigenvalue weighted by atomic mass is 9.85. The van der Waals surface area contributed by atoms with Gasteiger partial charge in [0.25, 0.3) is 0 Å². The number of benzene rings is 3. The first kappa shape index (κ1) is 26.8. The van der Waals surface area contributed by atoms with Gasteiger partial charge in [0, 0.05) is 30.4 Å². The molecule has 1 atom stereocenters. The third kappa shape index (κ3) is 6.25. The number of hydrogen-bond donors (Lipinski definition) is 2. The lowest BCUT2D eigenvalue weighted by Crippen LogP contribution is -2.40. The van der Waals surface area contributed by atoms with Crippen molar-refractivity contribution < 1.29 is 34.0 Å². The van der Waals surface area contributed by atoms with Crippen LogP contribution in [0.3, 0.4) is 0 Å². The molecule has 1 unspecified atom stereocenters. The highest BCUT2D eigenvalue weighted by atomic mass is 16.5. The molecule has 1 heterocycles. The fourth-order valence-electron chi connectivity index (χ4n) is 5.53. The number of aliphatic hydroxyl groups is 1. The van der Waals surface area contributed by atoms with Crippen LogP contribution in [0.4, 0.5) is 0 Å². The highest BCUT2D eigenvalue weighted by molar-refractivity contribution is 5.79. The number of aryl methyl sites for hydroxylation is 2. The molecular formula is C32H34O7. The summed E-state index contributed by atoms with van der Waals surface area (Å²) in [5.41, 5.74) is 5.32. The summed E-state index contributed by atoms with van der Waals surface area (Å²) in [5.74, 6) is 1.31. The zero-order valence-corrected chi connectivity index (χ0v) is 22.4. The molecular weight excluding hydrogens is 496 g/mol. The molecule has 0 saturated heterocycles. The second kappa shape index (κ2) is 11.1. The van der Waals surface area contributed by atoms with Gasteiger partial charge in [0.1, 0.15) is 36.2 Å². The van der Waals surface area contributed by atoms with E-state index in [0.29, 0.717) is 56.1 Å². The fourth-order valence-corrected chi connectivity index (χ4v) is 5.53. The monoisotopic (exact) mass is 530 g/mol. The summed E-state index contributed by atoms with van der Waals surface area (Å²) < 4.78 is 17.7. The first-order chi connectivity index (χ1) is 18.7. The van der Waals surface area contributed by atoms with Crippen LogP contribution >= 0.6 is 0 Å². The summed E-state index contributed by atoms with van der Waals surface area (Å²) >= 11 is 0. The number of carboxylic acid groups (broad SMARTS) is 1. The Morgan fingerprint density at radius 3 is 2.46 bits per heavy atom. The minimum atomic E-state index is -0.951. The number of Topliss-reactive ketones (excluding diaryl/α,β-unsaturated/α-hetero) is 1. The van der Waals surface area contributed by atoms with E-state index >= 15 is 0 Å². The van der Waals surface area contributed by atoms with Gasteiger partial charge < -0.3 is 24.4 Å². The largest absolute Gasteiger partial charge is 0.492 e. The van der Waals surface area contributed by atoms with Gasteiger partial charge in [-0.2, -0.15) is 0 Å². The van der Waals surface area contributed by atoms with Crippen LogP contribution < -0.4 is 14.2 Å². The van der Waals surface area contributed by atoms with Gasteiger partial charge in [-0.15, -0.1) is 0 Å². The van der Waals surface area contributed by atoms with Crippen molar-refractivity contribution in [1.82, 2.24) is 0 Å². The Morgan fingerprint density at radius 2 is 1.74 bits per heavy atom. The van der Waals surface area contributed by atoms with Gasteiger partial charge in [0.05, 0.1) is 18.6 Å². The average Bonchev–Trinajstić information content (AvgIpc) is 3.29. The Balaban J connectivity index is 1.24. The topological polar surface area (TPSA) is 102 Å². The molecule has 7 heteroatoms. The highest BCUT2D eigenvalue weighted by Gasteiger charge is 2.33. The molecule has 1 saturated carbocycles. The Bertz CT molecular complexity index is 1360. The molecule has 39 heavy (non-hydrogen) atoms. The summed E-state index contributed by atoms with van der Waals surface area (Å²) in [6.07, 6.45) is 1.76. The molecule has 0 bridgehead atoms. The van der Waals surface area contributed by atoms with Crippen LogP contribution in [0.15, 0.2) is 54.6 Å². The van der Waals surface area contributed by atoms with Crippen LogP contribution in [0.5, 0.6) is 17.2 Å². The van der Waals surface area contributed by atoms with Gasteiger partial charge in [0.15, 0.2) is 0 Å². The summed E-state index contributed by atoms with van der Waals surface area (Å²) in [7, 11) is 0. The van der Waals surface area contributed by atoms with Crippen LogP contribution in [0.1, 0.15) is 60.3 Å². The lowest BCUT2D eigenvalue weighted by molar-refractivity contribution is -0.137. The van der Waals surface area contributed by atoms with Gasteiger partial charge in [-0.25, -0.2) is 0 Å². The Hall–Kier alpha value is -3.84. The zero-order chi connectivity index (χ0) is 27.6. The maximum atomic E-state index is 11.5. The number of rotatable bonds is 9. The van der Waals surface area contributed by atoms with Crippen molar-refractivity contribution >= 4 is 11.8 Å². The van der Waals surface area contributed by atoms with Gasteiger partial charge in [-0.3, -0.25) is 9.59 Å². The molecule has 1 aliphatic heterocycles. The van der Waals surface area contributed by atoms with Gasteiger partial charge >= 0.3 is 5.97 Å². The Labute approximate surface area is 228 Å². The number of carbonyl (C=O) groups is 2. The number of ether oxygens (including phenoxy) is 3. The first-order valence-corrected chi connectivity index (χ1v) is 13.4. The van der Waals surface area contributed by atoms with E-state index in [4.69, 9.17) is 19.3 Å². The minimum absolute atomic E-state index is 0.0519. The van der Waals surface area contributed by atoms with Crippen molar-refractivity contribution in [3.05, 3.63) is 76.9 Å². The summed E-state index contributed by atoms with van der Waals surface area (Å²) in [5, 5.41) is 19.9. The van der Waals surface area contributed by atoms with Crippen LogP contribution in [0.25, 0.3) is 11.1 Å². The number of carboxylic acids is 1. The molecule has 3 aromatic rings. The van der Waals surface area contributed by atoms with E-state index in [-0.39, 0.29) is 24.7 Å². The fraction of sp³-hybridized carbons (Fsp3) is 0.375. The molecule has 0 radical (unpaired) electrons. The van der Waals surface area contributed by atoms with E-state index in [1.165, 1.54) is 0 Å². The van der Waals surface area contributed by atoms with Gasteiger partial charge in [-0.05, 0) is 78.8 Å². The van der Waals surface area contributed by atoms with E-state index in [0.717, 1.165) is 33.4 Å². The molecule has 1 aliphatic carbocycles. The molecule has 0 aromatic heterocycles. The quantitative estimate of drug-likeness (QED) is 0.363. The second-order valence-electron chi connectivity index (χ2n) is 10.8. The minimum Gasteiger partial charge on any atom is -0.492 e. The molecule has 204 valence electrons. The number of hydrogen-bond acceptors (Lipinski definition) is 6. The predicted octanol–water partition coefficient (Wildman–Crippen LogP) is 5.75. The number of fused-ring (bicyclic) bond motifs is 1. The third-order valence-corrected chi connectivity index (χ3v) is 7.66. The van der Waals surface area contributed by atoms with Crippen LogP contribution in [0, 0.1) is 13.8 Å². The van der Waals surface area contributed by atoms with Crippen LogP contribution in [-0.4, -0.2) is 40.8 Å². The number of carbonyl (C=O) groups excluding carboxylic acids is 1. The molecule has 7 nitrogen and oxygen atoms in total. The maximum absolute atomic E-state index is 11.5. The van der Waals surface area contributed by atoms with E-state index in [1.54, 1.807) is 0 Å². The zero-order valence-electron chi connectivity index (χ0n) is 22.4. The van der Waals surface area contributed by atoms with Crippen molar-refractivity contribution in [1.29, 1.82) is 0 Å². The SMILES string of the molecule is Cc1cc(OCC2(O)CCC(=O)CC2)cc(C)c1-c1cccc(COc2ccc3c(c2)OCC3CC(=O)O)c1. The Kier molecular flexibility index (Phi) is 7.62. The van der Waals surface area contributed by atoms with E-state index in [9.17, 15) is 14.7 Å². The Morgan fingerprint density at radius 1 is 1.00 bits per heavy atom. The van der Waals surface area contributed by atoms with Crippen molar-refractivity contribution in [3.8, 4) is 28.4 Å². The number of ketones is 1. The standard InChI is InChI=1S/C32H34O7/c1-20-12-27(39-19-32(36)10-8-25(33)9-11-32)13-21(2)31(20)23-5-3-4-22(14-23)17-37-26-6-7-28-24(15-30(34)35)18-38-29(28)16-26/h3-7,12-14,16,24,36H,8-11,15,17-19H2,1-2H3,(H,34,35). The second-order valence-corrected chi connectivity index (χ2v) is 10.8. The third-order valence-electron chi connectivity index (χ3n) is 7.66. The van der Waals surface area contributed by atoms with E-state index < -0.39 is 11.6 Å². The average molecular weight is 531 g/mol. The van der Waals surface area contributed by atoms with Crippen molar-refractivity contribution in [3.63, 3.8) is 0 Å². The predicted molar refractivity (Wildman–Crippen MR) is 147 cm³/mol. The van der Waals surface area contributed by atoms with Crippen molar-refractivity contribution in [2.75, 3.05) is 13.2 Å². The lowest BCUT2D eigenvalue weighted by Gasteiger charge is -2.31. The van der Waals surface area contributed by atoms with Gasteiger partial charge in [0.2, 0.25) is 0 Å². The first-order valence-electron chi connectivity index (χ1n) is 13.4. The summed E-state index contributed by atoms with van der Waals surface area (Å²) in [6, 6.07) is 17.8. The van der Waals surface area contributed by atoms with Gasteiger partial charge in [-0.1, -0.05) is 24.3 Å². The van der Waals surface area contributed by atoms with E-state index in [2.05, 4.69) is 26.0 Å². The smallest absolute Gasteiger partial charge is 0.304 e. The summed E-state index contributed by atoms with van der Waals surface area (Å²) in [6.45, 7) is 5.03. The molecule has 3 aromatic carbocycles. The van der Waals surface area contributed by atoms with Crippen LogP contribution in [-0.2, 0) is 16.2 Å². The molecule has 1 fully saturated rings. The van der Waals surface area contributed by atoms with E-state index in [1.807, 2.05) is 42.5 Å². The van der Waals surface area contributed by atoms with Crippen LogP contribution in [0.2, 0.25) is 0 Å². The molecule has 2 N–H and O–H groups in total. The van der Waals surface area contributed by atoms with Crippen molar-refractivity contribution in [2.24, 2.45) is 0 Å². The molecule has 2 aliphatic rings. The molecule has 0 spiro atoms.